The maximum absolute atomic E-state index is 12.3. The van der Waals surface area contributed by atoms with Gasteiger partial charge in [0.1, 0.15) is 17.0 Å². The summed E-state index contributed by atoms with van der Waals surface area (Å²) in [5.41, 5.74) is 4.03. The monoisotopic (exact) mass is 339 g/mol. The average Bonchev–Trinajstić information content (AvgIpc) is 3.02. The summed E-state index contributed by atoms with van der Waals surface area (Å²) in [6, 6.07) is 5.75. The summed E-state index contributed by atoms with van der Waals surface area (Å²) in [6.45, 7) is 6.65. The van der Waals surface area contributed by atoms with Crippen LogP contribution >= 0.6 is 0 Å². The van der Waals surface area contributed by atoms with Crippen molar-refractivity contribution in [2.75, 3.05) is 13.7 Å². The van der Waals surface area contributed by atoms with Gasteiger partial charge in [0.15, 0.2) is 5.65 Å². The van der Waals surface area contributed by atoms with Crippen molar-refractivity contribution in [3.05, 3.63) is 35.7 Å². The highest BCUT2D eigenvalue weighted by atomic mass is 16.5. The van der Waals surface area contributed by atoms with Crippen molar-refractivity contribution in [3.8, 4) is 17.0 Å². The maximum atomic E-state index is 12.3. The Morgan fingerprint density at radius 1 is 1.36 bits per heavy atom. The first-order valence-corrected chi connectivity index (χ1v) is 8.14. The Kier molecular flexibility index (Phi) is 4.65. The van der Waals surface area contributed by atoms with Crippen molar-refractivity contribution < 1.29 is 9.53 Å². The highest BCUT2D eigenvalue weighted by Gasteiger charge is 2.16. The van der Waals surface area contributed by atoms with Crippen LogP contribution in [0, 0.1) is 12.8 Å². The van der Waals surface area contributed by atoms with Gasteiger partial charge in [0.2, 0.25) is 0 Å². The highest BCUT2D eigenvalue weighted by Crippen LogP contribution is 2.29. The molecule has 25 heavy (non-hydrogen) atoms. The molecule has 0 radical (unpaired) electrons. The Labute approximate surface area is 145 Å². The number of carbonyl (C=O) groups is 1. The Bertz CT molecular complexity index is 917. The normalized spacial score (nSPS) is 11.1. The number of hydrogen-bond acceptors (Lipinski definition) is 5. The number of aromatic nitrogens is 4. The van der Waals surface area contributed by atoms with Gasteiger partial charge in [0, 0.05) is 12.1 Å². The lowest BCUT2D eigenvalue weighted by atomic mass is 10.0. The van der Waals surface area contributed by atoms with Crippen LogP contribution < -0.4 is 10.1 Å². The summed E-state index contributed by atoms with van der Waals surface area (Å²) in [7, 11) is 1.63. The Hall–Kier alpha value is -2.96. The molecule has 0 bridgehead atoms. The topological polar surface area (TPSA) is 92.8 Å². The number of benzene rings is 1. The summed E-state index contributed by atoms with van der Waals surface area (Å²) >= 11 is 0. The number of rotatable bonds is 5. The van der Waals surface area contributed by atoms with Crippen LogP contribution in [-0.4, -0.2) is 39.7 Å². The zero-order valence-electron chi connectivity index (χ0n) is 14.8. The van der Waals surface area contributed by atoms with E-state index in [2.05, 4.69) is 25.5 Å². The first kappa shape index (κ1) is 16.9. The molecule has 2 aromatic heterocycles. The number of hydrogen-bond donors (Lipinski definition) is 2. The molecule has 1 amide bonds. The largest absolute Gasteiger partial charge is 0.497 e. The summed E-state index contributed by atoms with van der Waals surface area (Å²) in [5, 5.41) is 10.0. The predicted octanol–water partition coefficient (Wildman–Crippen LogP) is 2.72. The predicted molar refractivity (Wildman–Crippen MR) is 95.6 cm³/mol. The zero-order chi connectivity index (χ0) is 18.0. The molecule has 0 fully saturated rings. The first-order valence-electron chi connectivity index (χ1n) is 8.14. The van der Waals surface area contributed by atoms with Crippen molar-refractivity contribution in [2.45, 2.75) is 20.8 Å². The molecule has 7 nitrogen and oxygen atoms in total. The minimum Gasteiger partial charge on any atom is -0.497 e. The van der Waals surface area contributed by atoms with Crippen molar-refractivity contribution in [3.63, 3.8) is 0 Å². The summed E-state index contributed by atoms with van der Waals surface area (Å²) in [6.07, 6.45) is 1.45. The second-order valence-corrected chi connectivity index (χ2v) is 6.31. The van der Waals surface area contributed by atoms with Crippen LogP contribution in [0.15, 0.2) is 24.4 Å². The molecule has 0 aliphatic rings. The molecule has 3 aromatic rings. The fraction of sp³-hybridized carbons (Fsp3) is 0.333. The minimum absolute atomic E-state index is 0.235. The van der Waals surface area contributed by atoms with Gasteiger partial charge in [-0.15, -0.1) is 0 Å². The van der Waals surface area contributed by atoms with E-state index in [0.29, 0.717) is 23.6 Å². The number of nitrogens with zero attached hydrogens (tertiary/aromatic N) is 3. The van der Waals surface area contributed by atoms with Crippen LogP contribution in [0.1, 0.15) is 29.9 Å². The van der Waals surface area contributed by atoms with Crippen LogP contribution in [-0.2, 0) is 0 Å². The molecule has 3 rings (SSSR count). The van der Waals surface area contributed by atoms with E-state index in [1.165, 1.54) is 6.20 Å². The van der Waals surface area contributed by atoms with Gasteiger partial charge in [-0.3, -0.25) is 9.89 Å². The van der Waals surface area contributed by atoms with Crippen molar-refractivity contribution in [2.24, 2.45) is 5.92 Å². The standard InChI is InChI=1S/C18H21N5O2/c1-10(2)8-20-18(24)14-9-19-17-16(21-14)15(22-23-17)13-6-5-12(25-4)7-11(13)3/h5-7,9-10H,8H2,1-4H3,(H,20,24)(H,19,22,23). The number of aromatic amines is 1. The lowest BCUT2D eigenvalue weighted by molar-refractivity contribution is 0.0944. The molecule has 0 spiro atoms. The molecule has 0 aliphatic heterocycles. The highest BCUT2D eigenvalue weighted by molar-refractivity contribution is 5.95. The summed E-state index contributed by atoms with van der Waals surface area (Å²) in [4.78, 5) is 21.0. The second-order valence-electron chi connectivity index (χ2n) is 6.31. The lowest BCUT2D eigenvalue weighted by Crippen LogP contribution is -2.28. The smallest absolute Gasteiger partial charge is 0.271 e. The van der Waals surface area contributed by atoms with Crippen LogP contribution in [0.3, 0.4) is 0 Å². The third-order valence-corrected chi connectivity index (χ3v) is 3.87. The van der Waals surface area contributed by atoms with E-state index in [9.17, 15) is 4.79 Å². The lowest BCUT2D eigenvalue weighted by Gasteiger charge is -2.08. The van der Waals surface area contributed by atoms with E-state index in [0.717, 1.165) is 22.6 Å². The fourth-order valence-corrected chi connectivity index (χ4v) is 2.52. The number of methoxy groups -OCH3 is 1. The van der Waals surface area contributed by atoms with Gasteiger partial charge in [-0.05, 0) is 36.6 Å². The molecule has 0 saturated carbocycles. The van der Waals surface area contributed by atoms with Gasteiger partial charge in [-0.25, -0.2) is 9.97 Å². The Morgan fingerprint density at radius 3 is 2.84 bits per heavy atom. The number of fused-ring (bicyclic) bond motifs is 1. The molecule has 0 saturated heterocycles. The van der Waals surface area contributed by atoms with Gasteiger partial charge in [-0.1, -0.05) is 13.8 Å². The molecule has 2 heterocycles. The van der Waals surface area contributed by atoms with E-state index in [-0.39, 0.29) is 11.6 Å². The van der Waals surface area contributed by atoms with Crippen molar-refractivity contribution >= 4 is 17.1 Å². The van der Waals surface area contributed by atoms with Crippen molar-refractivity contribution in [1.82, 2.24) is 25.5 Å². The van der Waals surface area contributed by atoms with Crippen LogP contribution in [0.25, 0.3) is 22.4 Å². The molecule has 0 aliphatic carbocycles. The molecule has 0 atom stereocenters. The van der Waals surface area contributed by atoms with E-state index in [1.807, 2.05) is 39.0 Å². The van der Waals surface area contributed by atoms with Crippen LogP contribution in [0.2, 0.25) is 0 Å². The third-order valence-electron chi connectivity index (χ3n) is 3.87. The number of carbonyl (C=O) groups excluding carboxylic acids is 1. The fourth-order valence-electron chi connectivity index (χ4n) is 2.52. The molecule has 7 heteroatoms. The molecular formula is C18H21N5O2. The zero-order valence-corrected chi connectivity index (χ0v) is 14.8. The first-order chi connectivity index (χ1) is 12.0. The molecule has 0 unspecified atom stereocenters. The number of H-pyrrole nitrogens is 1. The van der Waals surface area contributed by atoms with Gasteiger partial charge < -0.3 is 10.1 Å². The number of aryl methyl sites for hydroxylation is 1. The molecule has 2 N–H and O–H groups in total. The molecule has 130 valence electrons. The minimum atomic E-state index is -0.235. The summed E-state index contributed by atoms with van der Waals surface area (Å²) < 4.78 is 5.24. The van der Waals surface area contributed by atoms with Gasteiger partial charge in [-0.2, -0.15) is 5.10 Å². The third kappa shape index (κ3) is 3.45. The second kappa shape index (κ2) is 6.88. The van der Waals surface area contributed by atoms with Gasteiger partial charge in [0.05, 0.1) is 19.0 Å². The molecular weight excluding hydrogens is 318 g/mol. The van der Waals surface area contributed by atoms with E-state index >= 15 is 0 Å². The number of ether oxygens (including phenoxy) is 1. The number of amides is 1. The summed E-state index contributed by atoms with van der Waals surface area (Å²) in [5.74, 6) is 0.915. The Morgan fingerprint density at radius 2 is 2.16 bits per heavy atom. The Balaban J connectivity index is 2.00. The van der Waals surface area contributed by atoms with E-state index in [4.69, 9.17) is 4.74 Å². The SMILES string of the molecule is COc1ccc(-c2[nH]nc3ncc(C(=O)NCC(C)C)nc23)c(C)c1. The van der Waals surface area contributed by atoms with Crippen LogP contribution in [0.4, 0.5) is 0 Å². The van der Waals surface area contributed by atoms with E-state index < -0.39 is 0 Å². The van der Waals surface area contributed by atoms with E-state index in [1.54, 1.807) is 7.11 Å². The van der Waals surface area contributed by atoms with Crippen LogP contribution in [0.5, 0.6) is 5.75 Å². The average molecular weight is 339 g/mol. The number of nitrogens with one attached hydrogen (secondary N) is 2. The van der Waals surface area contributed by atoms with Gasteiger partial charge in [0.25, 0.3) is 5.91 Å². The quantitative estimate of drug-likeness (QED) is 0.745. The molecule has 1 aromatic carbocycles. The van der Waals surface area contributed by atoms with Gasteiger partial charge >= 0.3 is 0 Å². The van der Waals surface area contributed by atoms with Crippen molar-refractivity contribution in [1.29, 1.82) is 0 Å². The maximum Gasteiger partial charge on any atom is 0.271 e.